The maximum atomic E-state index is 10.6. The van der Waals surface area contributed by atoms with Crippen LogP contribution in [0.2, 0.25) is 5.15 Å². The number of aromatic nitrogens is 1. The molecule has 1 heterocycles. The normalized spacial score (nSPS) is 10.5. The van der Waals surface area contributed by atoms with Crippen LogP contribution in [0.5, 0.6) is 5.75 Å². The van der Waals surface area contributed by atoms with E-state index in [9.17, 15) is 15.2 Å². The van der Waals surface area contributed by atoms with Gasteiger partial charge in [0.05, 0.1) is 4.92 Å². The molecule has 7 heteroatoms. The van der Waals surface area contributed by atoms with E-state index in [2.05, 4.69) is 10.3 Å². The molecule has 1 aromatic carbocycles. The maximum Gasteiger partial charge on any atom is 0.310 e. The number of rotatable bonds is 6. The van der Waals surface area contributed by atoms with E-state index in [0.717, 1.165) is 24.1 Å². The lowest BCUT2D eigenvalue weighted by atomic mass is 10.1. The zero-order valence-electron chi connectivity index (χ0n) is 11.1. The van der Waals surface area contributed by atoms with Crippen molar-refractivity contribution in [3.8, 4) is 5.75 Å². The van der Waals surface area contributed by atoms with Gasteiger partial charge in [-0.1, -0.05) is 23.7 Å². The van der Waals surface area contributed by atoms with Crippen molar-refractivity contribution >= 4 is 17.3 Å². The minimum atomic E-state index is -0.611. The van der Waals surface area contributed by atoms with E-state index in [1.165, 1.54) is 12.1 Å². The van der Waals surface area contributed by atoms with E-state index in [0.29, 0.717) is 11.7 Å². The lowest BCUT2D eigenvalue weighted by Crippen LogP contribution is -2.16. The smallest absolute Gasteiger partial charge is 0.310 e. The number of aromatic hydroxyl groups is 1. The third-order valence-corrected chi connectivity index (χ3v) is 3.17. The highest BCUT2D eigenvalue weighted by molar-refractivity contribution is 6.29. The Hall–Kier alpha value is -2.18. The highest BCUT2D eigenvalue weighted by Gasteiger charge is 2.12. The van der Waals surface area contributed by atoms with Gasteiger partial charge in [-0.25, -0.2) is 4.98 Å². The molecule has 1 aromatic heterocycles. The summed E-state index contributed by atoms with van der Waals surface area (Å²) in [6.07, 6.45) is 2.52. The topological polar surface area (TPSA) is 88.3 Å². The van der Waals surface area contributed by atoms with Gasteiger partial charge in [-0.3, -0.25) is 10.1 Å². The van der Waals surface area contributed by atoms with E-state index in [-0.39, 0.29) is 11.4 Å². The fraction of sp³-hybridized carbons (Fsp3) is 0.214. The van der Waals surface area contributed by atoms with Gasteiger partial charge in [0.1, 0.15) is 5.15 Å². The van der Waals surface area contributed by atoms with Crippen LogP contribution in [0.15, 0.2) is 36.5 Å². The minimum absolute atomic E-state index is 0.286. The summed E-state index contributed by atoms with van der Waals surface area (Å²) in [5.74, 6) is -0.318. The summed E-state index contributed by atoms with van der Waals surface area (Å²) in [4.78, 5) is 14.0. The van der Waals surface area contributed by atoms with Crippen LogP contribution in [0.1, 0.15) is 11.1 Å². The van der Waals surface area contributed by atoms with Crippen molar-refractivity contribution in [2.75, 3.05) is 6.54 Å². The summed E-state index contributed by atoms with van der Waals surface area (Å²) >= 11 is 5.70. The Bertz CT molecular complexity index is 632. The first-order chi connectivity index (χ1) is 10.1. The Morgan fingerprint density at radius 2 is 2.05 bits per heavy atom. The van der Waals surface area contributed by atoms with Crippen LogP contribution in [0, 0.1) is 10.1 Å². The van der Waals surface area contributed by atoms with Crippen LogP contribution in [-0.4, -0.2) is 21.6 Å². The number of nitrogens with one attached hydrogen (secondary N) is 1. The SMILES string of the molecule is O=[N+]([O-])c1ccc(CNCCc2ccc(Cl)nc2)cc1O. The first kappa shape index (κ1) is 15.2. The van der Waals surface area contributed by atoms with E-state index in [1.54, 1.807) is 18.3 Å². The second-order valence-corrected chi connectivity index (χ2v) is 4.88. The summed E-state index contributed by atoms with van der Waals surface area (Å²) in [6, 6.07) is 7.97. The number of phenols is 1. The van der Waals surface area contributed by atoms with Crippen LogP contribution < -0.4 is 5.32 Å². The fourth-order valence-corrected chi connectivity index (χ4v) is 1.96. The minimum Gasteiger partial charge on any atom is -0.502 e. The molecule has 2 aromatic rings. The number of nitro groups is 1. The Balaban J connectivity index is 1.82. The van der Waals surface area contributed by atoms with Crippen LogP contribution in [0.3, 0.4) is 0 Å². The van der Waals surface area contributed by atoms with Crippen molar-refractivity contribution in [1.82, 2.24) is 10.3 Å². The number of nitro benzene ring substituents is 1. The van der Waals surface area contributed by atoms with E-state index < -0.39 is 4.92 Å². The molecule has 0 fully saturated rings. The molecule has 0 aliphatic heterocycles. The number of pyridine rings is 1. The zero-order valence-corrected chi connectivity index (χ0v) is 11.9. The third kappa shape index (κ3) is 4.40. The Labute approximate surface area is 126 Å². The first-order valence-electron chi connectivity index (χ1n) is 6.33. The number of nitrogens with zero attached hydrogens (tertiary/aromatic N) is 2. The summed E-state index contributed by atoms with van der Waals surface area (Å²) < 4.78 is 0. The predicted molar refractivity (Wildman–Crippen MR) is 79.4 cm³/mol. The molecule has 21 heavy (non-hydrogen) atoms. The monoisotopic (exact) mass is 307 g/mol. The molecule has 2 N–H and O–H groups in total. The maximum absolute atomic E-state index is 10.6. The van der Waals surface area contributed by atoms with Gasteiger partial charge in [-0.15, -0.1) is 0 Å². The van der Waals surface area contributed by atoms with Crippen LogP contribution in [0.4, 0.5) is 5.69 Å². The van der Waals surface area contributed by atoms with Crippen molar-refractivity contribution in [1.29, 1.82) is 0 Å². The van der Waals surface area contributed by atoms with Crippen LogP contribution >= 0.6 is 11.6 Å². The lowest BCUT2D eigenvalue weighted by Gasteiger charge is -2.06. The average Bonchev–Trinajstić information content (AvgIpc) is 2.45. The number of halogens is 1. The number of benzene rings is 1. The number of phenolic OH excluding ortho intramolecular Hbond substituents is 1. The summed E-state index contributed by atoms with van der Waals surface area (Å²) in [5, 5.41) is 23.8. The molecule has 0 aliphatic carbocycles. The van der Waals surface area contributed by atoms with Gasteiger partial charge in [0.15, 0.2) is 5.75 Å². The van der Waals surface area contributed by atoms with E-state index >= 15 is 0 Å². The Morgan fingerprint density at radius 1 is 1.29 bits per heavy atom. The molecular weight excluding hydrogens is 294 g/mol. The van der Waals surface area contributed by atoms with Gasteiger partial charge >= 0.3 is 5.69 Å². The van der Waals surface area contributed by atoms with Gasteiger partial charge in [0.25, 0.3) is 0 Å². The second-order valence-electron chi connectivity index (χ2n) is 4.50. The van der Waals surface area contributed by atoms with Gasteiger partial charge in [-0.2, -0.15) is 0 Å². The molecule has 0 atom stereocenters. The van der Waals surface area contributed by atoms with Crippen molar-refractivity contribution in [2.45, 2.75) is 13.0 Å². The first-order valence-corrected chi connectivity index (χ1v) is 6.71. The standard InChI is InChI=1S/C14H14ClN3O3/c15-14-4-2-10(9-17-14)5-6-16-8-11-1-3-12(18(20)21)13(19)7-11/h1-4,7,9,16,19H,5-6,8H2. The number of hydrogen-bond donors (Lipinski definition) is 2. The summed E-state index contributed by atoms with van der Waals surface area (Å²) in [5.41, 5.74) is 1.57. The van der Waals surface area contributed by atoms with Crippen molar-refractivity contribution in [2.24, 2.45) is 0 Å². The molecule has 0 unspecified atom stereocenters. The average molecular weight is 308 g/mol. The molecule has 110 valence electrons. The van der Waals surface area contributed by atoms with Gasteiger partial charge in [0, 0.05) is 18.8 Å². The van der Waals surface area contributed by atoms with Gasteiger partial charge in [0.2, 0.25) is 0 Å². The van der Waals surface area contributed by atoms with Gasteiger partial charge < -0.3 is 10.4 Å². The molecule has 0 bridgehead atoms. The molecule has 0 radical (unpaired) electrons. The second kappa shape index (κ2) is 7.01. The molecule has 0 aliphatic rings. The molecule has 2 rings (SSSR count). The molecule has 0 spiro atoms. The van der Waals surface area contributed by atoms with Crippen molar-refractivity contribution in [3.63, 3.8) is 0 Å². The predicted octanol–water partition coefficient (Wildman–Crippen LogP) is 2.68. The molecule has 0 saturated carbocycles. The van der Waals surface area contributed by atoms with Crippen LogP contribution in [-0.2, 0) is 13.0 Å². The van der Waals surface area contributed by atoms with Crippen molar-refractivity contribution in [3.05, 3.63) is 62.9 Å². The van der Waals surface area contributed by atoms with Gasteiger partial charge in [-0.05, 0) is 36.2 Å². The van der Waals surface area contributed by atoms with E-state index in [4.69, 9.17) is 11.6 Å². The molecule has 0 amide bonds. The highest BCUT2D eigenvalue weighted by atomic mass is 35.5. The van der Waals surface area contributed by atoms with Crippen molar-refractivity contribution < 1.29 is 10.0 Å². The van der Waals surface area contributed by atoms with E-state index in [1.807, 2.05) is 6.07 Å². The Kier molecular flexibility index (Phi) is 5.08. The largest absolute Gasteiger partial charge is 0.502 e. The fourth-order valence-electron chi connectivity index (χ4n) is 1.85. The molecule has 0 saturated heterocycles. The Morgan fingerprint density at radius 3 is 2.67 bits per heavy atom. The molecular formula is C14H14ClN3O3. The lowest BCUT2D eigenvalue weighted by molar-refractivity contribution is -0.385. The number of hydrogen-bond acceptors (Lipinski definition) is 5. The third-order valence-electron chi connectivity index (χ3n) is 2.94. The molecule has 6 nitrogen and oxygen atoms in total. The summed E-state index contributed by atoms with van der Waals surface area (Å²) in [6.45, 7) is 1.24. The quantitative estimate of drug-likeness (QED) is 0.371. The highest BCUT2D eigenvalue weighted by Crippen LogP contribution is 2.26. The zero-order chi connectivity index (χ0) is 15.2. The summed E-state index contributed by atoms with van der Waals surface area (Å²) in [7, 11) is 0. The van der Waals surface area contributed by atoms with Crippen LogP contribution in [0.25, 0.3) is 0 Å².